The Morgan fingerprint density at radius 1 is 1.48 bits per heavy atom. The Morgan fingerprint density at radius 3 is 2.95 bits per heavy atom. The van der Waals surface area contributed by atoms with E-state index in [0.29, 0.717) is 11.7 Å². The number of hydrogen-bond acceptors (Lipinski definition) is 5. The Labute approximate surface area is 127 Å². The largest absolute Gasteiger partial charge is 0.482 e. The van der Waals surface area contributed by atoms with Gasteiger partial charge in [0.15, 0.2) is 11.7 Å². The highest BCUT2D eigenvalue weighted by Gasteiger charge is 2.25. The second-order valence-corrected chi connectivity index (χ2v) is 6.21. The van der Waals surface area contributed by atoms with Crippen LogP contribution in [0.3, 0.4) is 0 Å². The minimum Gasteiger partial charge on any atom is -0.482 e. The molecule has 0 atom stereocenters. The van der Waals surface area contributed by atoms with Crippen LogP contribution < -0.4 is 15.4 Å². The quantitative estimate of drug-likeness (QED) is 0.946. The molecule has 1 amide bonds. The molecule has 0 bridgehead atoms. The molecule has 110 valence electrons. The number of aryl methyl sites for hydroxylation is 1. The summed E-state index contributed by atoms with van der Waals surface area (Å²) in [6.07, 6.45) is 0.901. The van der Waals surface area contributed by atoms with Crippen molar-refractivity contribution in [3.8, 4) is 17.0 Å². The SMILES string of the molecule is CCCN1C(=O)COc2ccc(-c3nc(N)sc3C)cc21. The van der Waals surface area contributed by atoms with Crippen LogP contribution in [-0.4, -0.2) is 24.0 Å². The summed E-state index contributed by atoms with van der Waals surface area (Å²) in [5.41, 5.74) is 8.41. The van der Waals surface area contributed by atoms with Gasteiger partial charge < -0.3 is 15.4 Å². The predicted molar refractivity (Wildman–Crippen MR) is 84.8 cm³/mol. The lowest BCUT2D eigenvalue weighted by atomic mass is 10.1. The molecule has 0 aliphatic carbocycles. The second kappa shape index (κ2) is 5.37. The van der Waals surface area contributed by atoms with E-state index < -0.39 is 0 Å². The van der Waals surface area contributed by atoms with Gasteiger partial charge in [0.05, 0.1) is 11.4 Å². The summed E-state index contributed by atoms with van der Waals surface area (Å²) in [7, 11) is 0. The lowest BCUT2D eigenvalue weighted by Crippen LogP contribution is -2.39. The normalized spacial score (nSPS) is 14.0. The van der Waals surface area contributed by atoms with Crippen LogP contribution in [0.25, 0.3) is 11.3 Å². The van der Waals surface area contributed by atoms with Crippen molar-refractivity contribution in [3.05, 3.63) is 23.1 Å². The molecule has 2 N–H and O–H groups in total. The maximum atomic E-state index is 12.0. The molecule has 2 heterocycles. The van der Waals surface area contributed by atoms with Gasteiger partial charge in [-0.1, -0.05) is 6.92 Å². The van der Waals surface area contributed by atoms with Crippen molar-refractivity contribution < 1.29 is 9.53 Å². The van der Waals surface area contributed by atoms with Crippen LogP contribution in [0.5, 0.6) is 5.75 Å². The average Bonchev–Trinajstić information content (AvgIpc) is 2.80. The molecular weight excluding hydrogens is 286 g/mol. The van der Waals surface area contributed by atoms with Gasteiger partial charge in [-0.2, -0.15) is 0 Å². The molecule has 0 radical (unpaired) electrons. The number of fused-ring (bicyclic) bond motifs is 1. The van der Waals surface area contributed by atoms with Crippen LogP contribution in [0, 0.1) is 6.92 Å². The number of rotatable bonds is 3. The van der Waals surface area contributed by atoms with E-state index in [1.54, 1.807) is 4.90 Å². The fourth-order valence-electron chi connectivity index (χ4n) is 2.50. The summed E-state index contributed by atoms with van der Waals surface area (Å²) in [5.74, 6) is 0.740. The smallest absolute Gasteiger partial charge is 0.265 e. The van der Waals surface area contributed by atoms with E-state index in [-0.39, 0.29) is 12.5 Å². The summed E-state index contributed by atoms with van der Waals surface area (Å²) < 4.78 is 5.50. The molecule has 2 aromatic rings. The van der Waals surface area contributed by atoms with Gasteiger partial charge in [0, 0.05) is 17.0 Å². The highest BCUT2D eigenvalue weighted by atomic mass is 32.1. The van der Waals surface area contributed by atoms with Crippen molar-refractivity contribution in [1.82, 2.24) is 4.98 Å². The highest BCUT2D eigenvalue weighted by molar-refractivity contribution is 7.15. The van der Waals surface area contributed by atoms with Crippen LogP contribution in [0.2, 0.25) is 0 Å². The minimum absolute atomic E-state index is 0.00369. The van der Waals surface area contributed by atoms with Crippen molar-refractivity contribution in [2.45, 2.75) is 20.3 Å². The monoisotopic (exact) mass is 303 g/mol. The Morgan fingerprint density at radius 2 is 2.29 bits per heavy atom. The Kier molecular flexibility index (Phi) is 3.55. The number of thiazole rings is 1. The molecule has 3 rings (SSSR count). The third-order valence-corrected chi connectivity index (χ3v) is 4.24. The van der Waals surface area contributed by atoms with E-state index in [2.05, 4.69) is 11.9 Å². The molecule has 1 aromatic heterocycles. The molecular formula is C15H17N3O2S. The van der Waals surface area contributed by atoms with E-state index in [0.717, 1.165) is 34.0 Å². The third kappa shape index (κ3) is 2.47. The number of nitrogen functional groups attached to an aromatic ring is 1. The fourth-order valence-corrected chi connectivity index (χ4v) is 3.21. The van der Waals surface area contributed by atoms with E-state index in [9.17, 15) is 4.79 Å². The number of ether oxygens (including phenoxy) is 1. The van der Waals surface area contributed by atoms with Crippen molar-refractivity contribution in [2.75, 3.05) is 23.8 Å². The Balaban J connectivity index is 2.07. The second-order valence-electron chi connectivity index (χ2n) is 4.97. The first kappa shape index (κ1) is 13.9. The maximum absolute atomic E-state index is 12.0. The van der Waals surface area contributed by atoms with Crippen LogP contribution in [0.1, 0.15) is 18.2 Å². The highest BCUT2D eigenvalue weighted by Crippen LogP contribution is 2.37. The first-order valence-corrected chi connectivity index (χ1v) is 7.72. The lowest BCUT2D eigenvalue weighted by Gasteiger charge is -2.29. The number of aromatic nitrogens is 1. The summed E-state index contributed by atoms with van der Waals surface area (Å²) in [5, 5.41) is 0.554. The van der Waals surface area contributed by atoms with Crippen molar-refractivity contribution >= 4 is 28.1 Å². The maximum Gasteiger partial charge on any atom is 0.265 e. The topological polar surface area (TPSA) is 68.5 Å². The molecule has 5 nitrogen and oxygen atoms in total. The van der Waals surface area contributed by atoms with E-state index in [4.69, 9.17) is 10.5 Å². The molecule has 1 aliphatic rings. The number of benzene rings is 1. The zero-order valence-electron chi connectivity index (χ0n) is 12.0. The molecule has 1 aliphatic heterocycles. The van der Waals surface area contributed by atoms with Crippen LogP contribution in [0.15, 0.2) is 18.2 Å². The summed E-state index contributed by atoms with van der Waals surface area (Å²) in [6.45, 7) is 4.84. The Bertz CT molecular complexity index is 696. The van der Waals surface area contributed by atoms with Crippen molar-refractivity contribution in [2.24, 2.45) is 0 Å². The first-order chi connectivity index (χ1) is 10.1. The molecule has 0 saturated carbocycles. The van der Waals surface area contributed by atoms with Gasteiger partial charge in [0.25, 0.3) is 5.91 Å². The zero-order chi connectivity index (χ0) is 15.0. The van der Waals surface area contributed by atoms with E-state index >= 15 is 0 Å². The van der Waals surface area contributed by atoms with Gasteiger partial charge >= 0.3 is 0 Å². The van der Waals surface area contributed by atoms with Gasteiger partial charge in [-0.3, -0.25) is 4.79 Å². The van der Waals surface area contributed by atoms with Gasteiger partial charge in [0.2, 0.25) is 0 Å². The number of anilines is 2. The van der Waals surface area contributed by atoms with Crippen LogP contribution >= 0.6 is 11.3 Å². The lowest BCUT2D eigenvalue weighted by molar-refractivity contribution is -0.121. The standard InChI is InChI=1S/C15H17N3O2S/c1-3-6-18-11-7-10(14-9(2)21-15(16)17-14)4-5-12(11)20-8-13(18)19/h4-5,7H,3,6,8H2,1-2H3,(H2,16,17). The average molecular weight is 303 g/mol. The molecule has 21 heavy (non-hydrogen) atoms. The number of carbonyl (C=O) groups excluding carboxylic acids is 1. The van der Waals surface area contributed by atoms with Crippen molar-refractivity contribution in [1.29, 1.82) is 0 Å². The van der Waals surface area contributed by atoms with Crippen LogP contribution in [-0.2, 0) is 4.79 Å². The summed E-state index contributed by atoms with van der Waals surface area (Å²) in [4.78, 5) is 19.3. The summed E-state index contributed by atoms with van der Waals surface area (Å²) >= 11 is 1.47. The van der Waals surface area contributed by atoms with Gasteiger partial charge in [0.1, 0.15) is 5.75 Å². The molecule has 6 heteroatoms. The minimum atomic E-state index is -0.00369. The van der Waals surface area contributed by atoms with Crippen LogP contribution in [0.4, 0.5) is 10.8 Å². The fraction of sp³-hybridized carbons (Fsp3) is 0.333. The molecule has 0 saturated heterocycles. The molecule has 0 unspecified atom stereocenters. The third-order valence-electron chi connectivity index (χ3n) is 3.44. The number of nitrogens with zero attached hydrogens (tertiary/aromatic N) is 2. The van der Waals surface area contributed by atoms with Gasteiger partial charge in [-0.15, -0.1) is 11.3 Å². The number of amides is 1. The molecule has 0 spiro atoms. The number of hydrogen-bond donors (Lipinski definition) is 1. The van der Waals surface area contributed by atoms with E-state index in [1.807, 2.05) is 25.1 Å². The van der Waals surface area contributed by atoms with Gasteiger partial charge in [-0.25, -0.2) is 4.98 Å². The first-order valence-electron chi connectivity index (χ1n) is 6.90. The predicted octanol–water partition coefficient (Wildman–Crippen LogP) is 2.84. The Hall–Kier alpha value is -2.08. The molecule has 0 fully saturated rings. The van der Waals surface area contributed by atoms with E-state index in [1.165, 1.54) is 11.3 Å². The summed E-state index contributed by atoms with van der Waals surface area (Å²) in [6, 6.07) is 5.82. The van der Waals surface area contributed by atoms with Crippen molar-refractivity contribution in [3.63, 3.8) is 0 Å². The zero-order valence-corrected chi connectivity index (χ0v) is 12.9. The number of nitrogens with two attached hydrogens (primary N) is 1. The molecule has 1 aromatic carbocycles. The number of carbonyl (C=O) groups is 1. The van der Waals surface area contributed by atoms with Gasteiger partial charge in [-0.05, 0) is 31.5 Å².